The number of hydrogen-bond acceptors (Lipinski definition) is 6. The SMILES string of the molecule is CCNc1nc(N)c(C(=O)NCC(=O)NC(C)C)s1. The van der Waals surface area contributed by atoms with Crippen LogP contribution in [0.25, 0.3) is 0 Å². The average Bonchev–Trinajstić information content (AvgIpc) is 2.67. The largest absolute Gasteiger partial charge is 0.382 e. The molecule has 0 unspecified atom stereocenters. The summed E-state index contributed by atoms with van der Waals surface area (Å²) in [6.45, 7) is 6.25. The third-order valence-electron chi connectivity index (χ3n) is 2.05. The number of anilines is 2. The summed E-state index contributed by atoms with van der Waals surface area (Å²) in [5, 5.41) is 8.77. The predicted octanol–water partition coefficient (Wildman–Crippen LogP) is 0.411. The van der Waals surface area contributed by atoms with E-state index in [1.54, 1.807) is 0 Å². The molecule has 5 N–H and O–H groups in total. The first-order chi connectivity index (χ1) is 8.93. The van der Waals surface area contributed by atoms with Gasteiger partial charge in [0.25, 0.3) is 5.91 Å². The molecule has 8 heteroatoms. The van der Waals surface area contributed by atoms with Crippen LogP contribution in [0.3, 0.4) is 0 Å². The molecule has 0 spiro atoms. The van der Waals surface area contributed by atoms with Crippen molar-refractivity contribution in [2.24, 2.45) is 0 Å². The smallest absolute Gasteiger partial charge is 0.265 e. The Hall–Kier alpha value is -1.83. The Bertz CT molecular complexity index is 458. The molecule has 0 aliphatic rings. The molecular weight excluding hydrogens is 266 g/mol. The van der Waals surface area contributed by atoms with E-state index in [9.17, 15) is 9.59 Å². The van der Waals surface area contributed by atoms with E-state index in [1.807, 2.05) is 20.8 Å². The van der Waals surface area contributed by atoms with Crippen molar-refractivity contribution in [3.8, 4) is 0 Å². The van der Waals surface area contributed by atoms with Crippen molar-refractivity contribution >= 4 is 34.1 Å². The molecule has 0 fully saturated rings. The van der Waals surface area contributed by atoms with Crippen LogP contribution in [-0.4, -0.2) is 35.9 Å². The molecule has 7 nitrogen and oxygen atoms in total. The number of nitrogens with two attached hydrogens (primary N) is 1. The van der Waals surface area contributed by atoms with E-state index in [0.29, 0.717) is 16.6 Å². The maximum atomic E-state index is 11.8. The van der Waals surface area contributed by atoms with Crippen LogP contribution >= 0.6 is 11.3 Å². The number of thiazole rings is 1. The summed E-state index contributed by atoms with van der Waals surface area (Å²) in [5.74, 6) is -0.459. The fourth-order valence-corrected chi connectivity index (χ4v) is 2.20. The van der Waals surface area contributed by atoms with Gasteiger partial charge in [0.2, 0.25) is 5.91 Å². The van der Waals surface area contributed by atoms with Crippen molar-refractivity contribution < 1.29 is 9.59 Å². The van der Waals surface area contributed by atoms with Crippen LogP contribution in [-0.2, 0) is 4.79 Å². The zero-order valence-corrected chi connectivity index (χ0v) is 12.1. The first kappa shape index (κ1) is 15.2. The van der Waals surface area contributed by atoms with Crippen LogP contribution < -0.4 is 21.7 Å². The van der Waals surface area contributed by atoms with Crippen LogP contribution in [0.15, 0.2) is 0 Å². The van der Waals surface area contributed by atoms with Gasteiger partial charge in [0, 0.05) is 12.6 Å². The molecule has 106 valence electrons. The molecule has 0 aliphatic heterocycles. The number of amides is 2. The normalized spacial score (nSPS) is 10.3. The Labute approximate surface area is 116 Å². The standard InChI is InChI=1S/C11H19N5O2S/c1-4-13-11-16-9(12)8(19-11)10(18)14-5-7(17)15-6(2)3/h6H,4-5,12H2,1-3H3,(H,13,16)(H,14,18)(H,15,17). The summed E-state index contributed by atoms with van der Waals surface area (Å²) in [6.07, 6.45) is 0. The van der Waals surface area contributed by atoms with Crippen molar-refractivity contribution in [3.63, 3.8) is 0 Å². The van der Waals surface area contributed by atoms with Gasteiger partial charge in [-0.2, -0.15) is 0 Å². The van der Waals surface area contributed by atoms with Gasteiger partial charge in [-0.1, -0.05) is 11.3 Å². The first-order valence-corrected chi connectivity index (χ1v) is 6.83. The van der Waals surface area contributed by atoms with Gasteiger partial charge in [0.05, 0.1) is 6.54 Å². The van der Waals surface area contributed by atoms with Crippen LogP contribution in [0.4, 0.5) is 10.9 Å². The molecule has 0 radical (unpaired) electrons. The van der Waals surface area contributed by atoms with Gasteiger partial charge in [-0.15, -0.1) is 0 Å². The highest BCUT2D eigenvalue weighted by molar-refractivity contribution is 7.18. The fourth-order valence-electron chi connectivity index (χ4n) is 1.34. The van der Waals surface area contributed by atoms with Crippen molar-refractivity contribution in [2.75, 3.05) is 24.1 Å². The van der Waals surface area contributed by atoms with Crippen LogP contribution in [0.1, 0.15) is 30.4 Å². The molecule has 0 bridgehead atoms. The van der Waals surface area contributed by atoms with Crippen molar-refractivity contribution in [3.05, 3.63) is 4.88 Å². The molecule has 1 aromatic rings. The second-order valence-electron chi connectivity index (χ2n) is 4.17. The molecule has 0 aromatic carbocycles. The molecule has 2 amide bonds. The van der Waals surface area contributed by atoms with Crippen LogP contribution in [0, 0.1) is 0 Å². The summed E-state index contributed by atoms with van der Waals surface area (Å²) < 4.78 is 0. The molecule has 0 atom stereocenters. The van der Waals surface area contributed by atoms with E-state index in [0.717, 1.165) is 0 Å². The summed E-state index contributed by atoms with van der Waals surface area (Å²) in [7, 11) is 0. The number of nitrogen functional groups attached to an aromatic ring is 1. The predicted molar refractivity (Wildman–Crippen MR) is 76.3 cm³/mol. The van der Waals surface area contributed by atoms with Crippen LogP contribution in [0.5, 0.6) is 0 Å². The number of nitrogens with one attached hydrogen (secondary N) is 3. The van der Waals surface area contributed by atoms with Gasteiger partial charge < -0.3 is 21.7 Å². The maximum Gasteiger partial charge on any atom is 0.265 e. The molecular formula is C11H19N5O2S. The molecule has 0 aliphatic carbocycles. The van der Waals surface area contributed by atoms with Gasteiger partial charge in [-0.3, -0.25) is 9.59 Å². The van der Waals surface area contributed by atoms with Gasteiger partial charge >= 0.3 is 0 Å². The van der Waals surface area contributed by atoms with Crippen LogP contribution in [0.2, 0.25) is 0 Å². The quantitative estimate of drug-likeness (QED) is 0.605. The average molecular weight is 285 g/mol. The van der Waals surface area contributed by atoms with Gasteiger partial charge in [0.1, 0.15) is 10.7 Å². The van der Waals surface area contributed by atoms with E-state index in [-0.39, 0.29) is 24.3 Å². The number of aromatic nitrogens is 1. The minimum Gasteiger partial charge on any atom is -0.382 e. The highest BCUT2D eigenvalue weighted by atomic mass is 32.1. The highest BCUT2D eigenvalue weighted by Crippen LogP contribution is 2.24. The Morgan fingerprint density at radius 1 is 1.42 bits per heavy atom. The lowest BCUT2D eigenvalue weighted by Crippen LogP contribution is -2.39. The van der Waals surface area contributed by atoms with E-state index in [4.69, 9.17) is 5.73 Å². The molecule has 1 heterocycles. The minimum absolute atomic E-state index is 0.0400. The lowest BCUT2D eigenvalue weighted by atomic mass is 10.4. The van der Waals surface area contributed by atoms with Crippen molar-refractivity contribution in [1.29, 1.82) is 0 Å². The summed E-state index contributed by atoms with van der Waals surface area (Å²) >= 11 is 1.17. The van der Waals surface area contributed by atoms with E-state index >= 15 is 0 Å². The number of carbonyl (C=O) groups is 2. The molecule has 1 aromatic heterocycles. The Morgan fingerprint density at radius 2 is 2.11 bits per heavy atom. The molecule has 1 rings (SSSR count). The highest BCUT2D eigenvalue weighted by Gasteiger charge is 2.16. The molecule has 0 saturated carbocycles. The second kappa shape index (κ2) is 6.93. The van der Waals surface area contributed by atoms with E-state index < -0.39 is 5.91 Å². The summed E-state index contributed by atoms with van der Waals surface area (Å²) in [4.78, 5) is 27.6. The molecule has 19 heavy (non-hydrogen) atoms. The number of carbonyl (C=O) groups excluding carboxylic acids is 2. The Balaban J connectivity index is 2.56. The third kappa shape index (κ3) is 4.74. The minimum atomic E-state index is -0.391. The molecule has 0 saturated heterocycles. The zero-order chi connectivity index (χ0) is 14.4. The Morgan fingerprint density at radius 3 is 2.68 bits per heavy atom. The lowest BCUT2D eigenvalue weighted by Gasteiger charge is -2.08. The van der Waals surface area contributed by atoms with Crippen molar-refractivity contribution in [2.45, 2.75) is 26.8 Å². The zero-order valence-electron chi connectivity index (χ0n) is 11.2. The number of nitrogens with zero attached hydrogens (tertiary/aromatic N) is 1. The van der Waals surface area contributed by atoms with Gasteiger partial charge in [-0.25, -0.2) is 4.98 Å². The fraction of sp³-hybridized carbons (Fsp3) is 0.545. The maximum absolute atomic E-state index is 11.8. The first-order valence-electron chi connectivity index (χ1n) is 6.01. The summed E-state index contributed by atoms with van der Waals surface area (Å²) in [6, 6.07) is 0.0400. The Kier molecular flexibility index (Phi) is 5.56. The summed E-state index contributed by atoms with van der Waals surface area (Å²) in [5.41, 5.74) is 5.66. The third-order valence-corrected chi connectivity index (χ3v) is 3.07. The topological polar surface area (TPSA) is 109 Å². The van der Waals surface area contributed by atoms with E-state index in [1.165, 1.54) is 11.3 Å². The van der Waals surface area contributed by atoms with Gasteiger partial charge in [0.15, 0.2) is 5.13 Å². The second-order valence-corrected chi connectivity index (χ2v) is 5.17. The lowest BCUT2D eigenvalue weighted by molar-refractivity contribution is -0.120. The number of hydrogen-bond donors (Lipinski definition) is 4. The van der Waals surface area contributed by atoms with Gasteiger partial charge in [-0.05, 0) is 20.8 Å². The monoisotopic (exact) mass is 285 g/mol. The van der Waals surface area contributed by atoms with Crippen molar-refractivity contribution in [1.82, 2.24) is 15.6 Å². The van der Waals surface area contributed by atoms with E-state index in [2.05, 4.69) is 20.9 Å². The number of rotatable bonds is 6.